The first-order valence-corrected chi connectivity index (χ1v) is 21.3. The fourth-order valence-corrected chi connectivity index (χ4v) is 12.4. The topological polar surface area (TPSA) is 78.1 Å². The molecule has 6 nitrogen and oxygen atoms in total. The average molecular weight is 778 g/mol. The van der Waals surface area contributed by atoms with Crippen molar-refractivity contribution in [2.75, 3.05) is 0 Å². The van der Waals surface area contributed by atoms with Crippen LogP contribution in [-0.2, 0) is 9.98 Å². The molecular weight excluding hydrogens is 746 g/mol. The minimum atomic E-state index is -3.46. The Morgan fingerprint density at radius 2 is 0.983 bits per heavy atom. The number of aromatic nitrogens is 3. The van der Waals surface area contributed by atoms with Gasteiger partial charge in [0.2, 0.25) is 0 Å². The Bertz CT molecular complexity index is 3290. The quantitative estimate of drug-likeness (QED) is 0.166. The third kappa shape index (κ3) is 4.87. The van der Waals surface area contributed by atoms with Crippen LogP contribution in [0.1, 0.15) is 22.3 Å². The van der Waals surface area contributed by atoms with Crippen LogP contribution in [-0.4, -0.2) is 15.0 Å². The van der Waals surface area contributed by atoms with Crippen LogP contribution in [0.15, 0.2) is 199 Å². The van der Waals surface area contributed by atoms with Crippen LogP contribution < -0.4 is 20.7 Å². The van der Waals surface area contributed by atoms with Crippen molar-refractivity contribution >= 4 is 45.0 Å². The predicted molar refractivity (Wildman–Crippen MR) is 235 cm³/mol. The van der Waals surface area contributed by atoms with E-state index in [-0.39, 0.29) is 0 Å². The van der Waals surface area contributed by atoms with Gasteiger partial charge in [-0.25, -0.2) is 15.0 Å². The van der Waals surface area contributed by atoms with Gasteiger partial charge in [0.15, 0.2) is 24.6 Å². The molecule has 7 heteroatoms. The number of rotatable bonds is 4. The van der Waals surface area contributed by atoms with Gasteiger partial charge in [0.25, 0.3) is 0 Å². The predicted octanol–water partition coefficient (Wildman–Crippen LogP) is 11.2. The van der Waals surface area contributed by atoms with Crippen molar-refractivity contribution in [3.8, 4) is 45.7 Å². The summed E-state index contributed by atoms with van der Waals surface area (Å²) >= 11 is 0. The summed E-state index contributed by atoms with van der Waals surface area (Å²) in [7, 11) is -3.46. The zero-order valence-corrected chi connectivity index (χ0v) is 32.4. The molecule has 10 aromatic rings. The van der Waals surface area contributed by atoms with Gasteiger partial charge in [0.05, 0.1) is 5.41 Å². The molecule has 0 saturated heterocycles. The van der Waals surface area contributed by atoms with Gasteiger partial charge in [-0.15, -0.1) is 0 Å². The largest absolute Gasteiger partial charge is 0.457 e. The Balaban J connectivity index is 1.17. The molecule has 2 aliphatic heterocycles. The lowest BCUT2D eigenvalue weighted by atomic mass is 9.63. The second kappa shape index (κ2) is 12.8. The van der Waals surface area contributed by atoms with E-state index in [1.165, 1.54) is 0 Å². The van der Waals surface area contributed by atoms with E-state index in [0.717, 1.165) is 77.0 Å². The summed E-state index contributed by atoms with van der Waals surface area (Å²) in [6, 6.07) is 65.0. The zero-order chi connectivity index (χ0) is 39.1. The zero-order valence-electron chi connectivity index (χ0n) is 31.5. The molecular formula is C52H32N3O3P. The monoisotopic (exact) mass is 777 g/mol. The van der Waals surface area contributed by atoms with Gasteiger partial charge in [-0.3, -0.25) is 0 Å². The van der Waals surface area contributed by atoms with Crippen molar-refractivity contribution in [3.63, 3.8) is 0 Å². The summed E-state index contributed by atoms with van der Waals surface area (Å²) in [6.07, 6.45) is 0. The first-order valence-electron chi connectivity index (χ1n) is 19.6. The SMILES string of the molecule is O=P1(c2ccccc2)c2ccccc2C2(c3ccccc3Oc3cc(-c4nc(-c5ccccc5)nc(-c5ccccc5)n4)ccc32)c2cc3c(cc21)oc1ccccc13. The smallest absolute Gasteiger partial charge is 0.171 e. The molecule has 0 N–H and O–H groups in total. The molecule has 0 bridgehead atoms. The highest BCUT2D eigenvalue weighted by Gasteiger charge is 2.55. The number of benzene rings is 8. The Hall–Kier alpha value is -7.40. The molecule has 0 fully saturated rings. The standard InChI is InChI=1S/C52H32N3O3P/c56-59(36-20-8-3-9-21-36)47-27-15-12-24-41(47)52(42-31-38-37-22-10-13-25-43(37)57-45(38)32-48(42)59)39-23-11-14-26-44(39)58-46-30-35(28-29-40(46)52)51-54-49(33-16-4-1-5-17-33)53-50(55-51)34-18-6-2-7-19-34/h1-32H. The van der Waals surface area contributed by atoms with Crippen LogP contribution in [0, 0.1) is 0 Å². The van der Waals surface area contributed by atoms with E-state index in [2.05, 4.69) is 48.5 Å². The molecule has 1 spiro atoms. The minimum Gasteiger partial charge on any atom is -0.457 e. The Labute approximate surface area is 339 Å². The Kier molecular flexibility index (Phi) is 7.32. The molecule has 278 valence electrons. The van der Waals surface area contributed by atoms with E-state index < -0.39 is 12.6 Å². The summed E-state index contributed by atoms with van der Waals surface area (Å²) < 4.78 is 29.9. The molecule has 2 aromatic heterocycles. The number of ether oxygens (including phenoxy) is 1. The van der Waals surface area contributed by atoms with E-state index in [0.29, 0.717) is 28.8 Å². The van der Waals surface area contributed by atoms with Crippen molar-refractivity contribution < 1.29 is 13.7 Å². The van der Waals surface area contributed by atoms with Gasteiger partial charge >= 0.3 is 0 Å². The number of para-hydroxylation sites is 2. The van der Waals surface area contributed by atoms with Gasteiger partial charge < -0.3 is 13.7 Å². The lowest BCUT2D eigenvalue weighted by Gasteiger charge is -2.47. The molecule has 0 amide bonds. The summed E-state index contributed by atoms with van der Waals surface area (Å²) in [6.45, 7) is 0. The highest BCUT2D eigenvalue weighted by molar-refractivity contribution is 7.85. The van der Waals surface area contributed by atoms with Gasteiger partial charge in [0, 0.05) is 54.5 Å². The molecule has 59 heavy (non-hydrogen) atoms. The van der Waals surface area contributed by atoms with Crippen LogP contribution in [0.4, 0.5) is 0 Å². The maximum atomic E-state index is 16.4. The number of hydrogen-bond donors (Lipinski definition) is 0. The fourth-order valence-electron chi connectivity index (χ4n) is 9.28. The van der Waals surface area contributed by atoms with E-state index in [4.69, 9.17) is 24.1 Å². The maximum absolute atomic E-state index is 16.4. The first-order chi connectivity index (χ1) is 29.1. The summed E-state index contributed by atoms with van der Waals surface area (Å²) in [4.78, 5) is 15.0. The van der Waals surface area contributed by atoms with Gasteiger partial charge in [0.1, 0.15) is 22.7 Å². The average Bonchev–Trinajstić information content (AvgIpc) is 3.68. The molecule has 8 aromatic carbocycles. The normalized spacial score (nSPS) is 17.5. The van der Waals surface area contributed by atoms with E-state index in [1.807, 2.05) is 146 Å². The van der Waals surface area contributed by atoms with Crippen molar-refractivity contribution in [1.82, 2.24) is 15.0 Å². The van der Waals surface area contributed by atoms with Gasteiger partial charge in [-0.2, -0.15) is 0 Å². The van der Waals surface area contributed by atoms with E-state index in [9.17, 15) is 0 Å². The second-order valence-electron chi connectivity index (χ2n) is 15.0. The minimum absolute atomic E-state index is 0.529. The summed E-state index contributed by atoms with van der Waals surface area (Å²) in [5.41, 5.74) is 6.92. The van der Waals surface area contributed by atoms with Crippen LogP contribution in [0.2, 0.25) is 0 Å². The molecule has 12 rings (SSSR count). The van der Waals surface area contributed by atoms with Crippen LogP contribution >= 0.6 is 7.14 Å². The van der Waals surface area contributed by atoms with Crippen LogP contribution in [0.5, 0.6) is 11.5 Å². The molecule has 2 aliphatic rings. The van der Waals surface area contributed by atoms with Crippen LogP contribution in [0.25, 0.3) is 56.1 Å². The molecule has 2 atom stereocenters. The molecule has 0 saturated carbocycles. The molecule has 2 unspecified atom stereocenters. The van der Waals surface area contributed by atoms with Crippen molar-refractivity contribution in [3.05, 3.63) is 216 Å². The lowest BCUT2D eigenvalue weighted by Crippen LogP contribution is -2.47. The molecule has 0 radical (unpaired) electrons. The first kappa shape index (κ1) is 33.7. The number of furan rings is 1. The lowest BCUT2D eigenvalue weighted by molar-refractivity contribution is 0.435. The third-order valence-corrected chi connectivity index (χ3v) is 15.0. The van der Waals surface area contributed by atoms with Crippen LogP contribution in [0.3, 0.4) is 0 Å². The number of nitrogens with zero attached hydrogens (tertiary/aromatic N) is 3. The third-order valence-electron chi connectivity index (χ3n) is 11.9. The Morgan fingerprint density at radius 3 is 1.71 bits per heavy atom. The highest BCUT2D eigenvalue weighted by Crippen LogP contribution is 2.62. The molecule has 0 aliphatic carbocycles. The fraction of sp³-hybridized carbons (Fsp3) is 0.0192. The van der Waals surface area contributed by atoms with Crippen molar-refractivity contribution in [1.29, 1.82) is 0 Å². The number of hydrogen-bond acceptors (Lipinski definition) is 6. The van der Waals surface area contributed by atoms with E-state index >= 15 is 4.57 Å². The van der Waals surface area contributed by atoms with Crippen molar-refractivity contribution in [2.24, 2.45) is 0 Å². The number of fused-ring (bicyclic) bond motifs is 11. The second-order valence-corrected chi connectivity index (χ2v) is 17.7. The maximum Gasteiger partial charge on any atom is 0.171 e. The highest BCUT2D eigenvalue weighted by atomic mass is 31.2. The molecule has 4 heterocycles. The van der Waals surface area contributed by atoms with E-state index in [1.54, 1.807) is 0 Å². The van der Waals surface area contributed by atoms with Crippen molar-refractivity contribution in [2.45, 2.75) is 5.41 Å². The van der Waals surface area contributed by atoms with Gasteiger partial charge in [-0.1, -0.05) is 164 Å². The Morgan fingerprint density at radius 1 is 0.407 bits per heavy atom. The summed E-state index contributed by atoms with van der Waals surface area (Å²) in [5.74, 6) is 3.08. The summed E-state index contributed by atoms with van der Waals surface area (Å²) in [5, 5.41) is 4.28. The van der Waals surface area contributed by atoms with Gasteiger partial charge in [-0.05, 0) is 41.5 Å².